The van der Waals surface area contributed by atoms with Gasteiger partial charge in [0.25, 0.3) is 0 Å². The van der Waals surface area contributed by atoms with Crippen LogP contribution in [0.2, 0.25) is 0 Å². The van der Waals surface area contributed by atoms with Crippen LogP contribution in [0.4, 0.5) is 11.4 Å². The third kappa shape index (κ3) is 3.12. The predicted molar refractivity (Wildman–Crippen MR) is 68.3 cm³/mol. The molecule has 0 aromatic heterocycles. The van der Waals surface area contributed by atoms with Gasteiger partial charge < -0.3 is 10.6 Å². The number of hydrogen-bond acceptors (Lipinski definition) is 4. The lowest BCUT2D eigenvalue weighted by Gasteiger charge is -2.29. The number of hydrogen-bond donors (Lipinski definition) is 1. The monoisotopic (exact) mass is 228 g/mol. The minimum atomic E-state index is 0.263. The zero-order valence-corrected chi connectivity index (χ0v) is 10.1. The van der Waals surface area contributed by atoms with Gasteiger partial charge in [-0.3, -0.25) is 0 Å². The maximum absolute atomic E-state index is 8.78. The normalized spacial score (nSPS) is 9.71. The van der Waals surface area contributed by atoms with Gasteiger partial charge in [0.1, 0.15) is 0 Å². The van der Waals surface area contributed by atoms with Crippen LogP contribution in [-0.4, -0.2) is 12.6 Å². The molecule has 0 spiro atoms. The highest BCUT2D eigenvalue weighted by atomic mass is 15.2. The Morgan fingerprint density at radius 2 is 2.06 bits per heavy atom. The van der Waals surface area contributed by atoms with Crippen LogP contribution in [0.5, 0.6) is 0 Å². The Balaban J connectivity index is 3.03. The Morgan fingerprint density at radius 1 is 1.35 bits per heavy atom. The first kappa shape index (κ1) is 12.9. The summed E-state index contributed by atoms with van der Waals surface area (Å²) in [5, 5.41) is 17.4. The Labute approximate surface area is 102 Å². The van der Waals surface area contributed by atoms with E-state index in [9.17, 15) is 0 Å². The third-order valence-electron chi connectivity index (χ3n) is 2.55. The molecular formula is C13H16N4. The number of nitrogens with zero attached hydrogens (tertiary/aromatic N) is 3. The molecule has 0 aliphatic rings. The number of anilines is 2. The number of nitrogens with two attached hydrogens (primary N) is 1. The first-order valence-electron chi connectivity index (χ1n) is 5.53. The molecule has 1 rings (SSSR count). The van der Waals surface area contributed by atoms with Crippen molar-refractivity contribution in [1.82, 2.24) is 0 Å². The van der Waals surface area contributed by atoms with E-state index in [1.54, 1.807) is 12.1 Å². The van der Waals surface area contributed by atoms with Crippen molar-refractivity contribution in [2.24, 2.45) is 0 Å². The Morgan fingerprint density at radius 3 is 2.53 bits per heavy atom. The summed E-state index contributed by atoms with van der Waals surface area (Å²) in [6, 6.07) is 9.69. The second-order valence-electron chi connectivity index (χ2n) is 4.08. The van der Waals surface area contributed by atoms with Crippen molar-refractivity contribution in [2.75, 3.05) is 17.2 Å². The van der Waals surface area contributed by atoms with Gasteiger partial charge in [0.05, 0.1) is 35.5 Å². The average Bonchev–Trinajstić information content (AvgIpc) is 2.30. The standard InChI is InChI=1S/C13H16N4/c1-10(2)17(7-3-6-14)13-5-4-11(9-15)8-12(13)16/h4-5,8,10H,3,7,16H2,1-2H3. The van der Waals surface area contributed by atoms with E-state index in [2.05, 4.69) is 30.9 Å². The molecule has 0 radical (unpaired) electrons. The first-order chi connectivity index (χ1) is 8.10. The van der Waals surface area contributed by atoms with Crippen LogP contribution in [0, 0.1) is 22.7 Å². The lowest BCUT2D eigenvalue weighted by atomic mass is 10.1. The molecule has 0 aliphatic carbocycles. The number of nitrogen functional groups attached to an aromatic ring is 1. The Kier molecular flexibility index (Phi) is 4.37. The summed E-state index contributed by atoms with van der Waals surface area (Å²) in [5.41, 5.74) is 7.95. The summed E-state index contributed by atoms with van der Waals surface area (Å²) < 4.78 is 0. The minimum Gasteiger partial charge on any atom is -0.397 e. The molecular weight excluding hydrogens is 212 g/mol. The molecule has 0 bridgehead atoms. The van der Waals surface area contributed by atoms with E-state index in [0.29, 0.717) is 24.2 Å². The zero-order chi connectivity index (χ0) is 12.8. The number of nitriles is 2. The predicted octanol–water partition coefficient (Wildman–Crippen LogP) is 2.27. The largest absolute Gasteiger partial charge is 0.397 e. The highest BCUT2D eigenvalue weighted by Crippen LogP contribution is 2.26. The van der Waals surface area contributed by atoms with Gasteiger partial charge in [-0.15, -0.1) is 0 Å². The van der Waals surface area contributed by atoms with Crippen molar-refractivity contribution in [3.63, 3.8) is 0 Å². The van der Waals surface area contributed by atoms with E-state index in [4.69, 9.17) is 16.3 Å². The van der Waals surface area contributed by atoms with Crippen molar-refractivity contribution >= 4 is 11.4 Å². The molecule has 0 saturated carbocycles. The number of rotatable bonds is 4. The fourth-order valence-corrected chi connectivity index (χ4v) is 1.71. The van der Waals surface area contributed by atoms with E-state index >= 15 is 0 Å². The Bertz CT molecular complexity index is 465. The highest BCUT2D eigenvalue weighted by molar-refractivity contribution is 5.69. The summed E-state index contributed by atoms with van der Waals surface area (Å²) in [6.45, 7) is 4.74. The SMILES string of the molecule is CC(C)N(CCC#N)c1ccc(C#N)cc1N. The molecule has 4 heteroatoms. The highest BCUT2D eigenvalue weighted by Gasteiger charge is 2.13. The zero-order valence-electron chi connectivity index (χ0n) is 10.1. The lowest BCUT2D eigenvalue weighted by Crippen LogP contribution is -2.32. The molecule has 0 aliphatic heterocycles. The van der Waals surface area contributed by atoms with E-state index in [-0.39, 0.29) is 6.04 Å². The fourth-order valence-electron chi connectivity index (χ4n) is 1.71. The molecule has 1 aromatic carbocycles. The summed E-state index contributed by atoms with van der Waals surface area (Å²) in [6.07, 6.45) is 0.456. The quantitative estimate of drug-likeness (QED) is 0.802. The lowest BCUT2D eigenvalue weighted by molar-refractivity contribution is 0.687. The molecule has 0 fully saturated rings. The van der Waals surface area contributed by atoms with Crippen LogP contribution in [0.3, 0.4) is 0 Å². The summed E-state index contributed by atoms with van der Waals surface area (Å²) in [5.74, 6) is 0. The second-order valence-corrected chi connectivity index (χ2v) is 4.08. The molecule has 0 saturated heterocycles. The average molecular weight is 228 g/mol. The van der Waals surface area contributed by atoms with Gasteiger partial charge in [-0.1, -0.05) is 0 Å². The summed E-state index contributed by atoms with van der Waals surface area (Å²) in [4.78, 5) is 2.07. The van der Waals surface area contributed by atoms with Crippen LogP contribution in [0.1, 0.15) is 25.8 Å². The molecule has 17 heavy (non-hydrogen) atoms. The van der Waals surface area contributed by atoms with Crippen LogP contribution in [0.25, 0.3) is 0 Å². The molecule has 0 unspecified atom stereocenters. The maximum Gasteiger partial charge on any atom is 0.0992 e. The summed E-state index contributed by atoms with van der Waals surface area (Å²) >= 11 is 0. The summed E-state index contributed by atoms with van der Waals surface area (Å²) in [7, 11) is 0. The van der Waals surface area contributed by atoms with Gasteiger partial charge in [-0.25, -0.2) is 0 Å². The van der Waals surface area contributed by atoms with Gasteiger partial charge in [0.15, 0.2) is 0 Å². The fraction of sp³-hybridized carbons (Fsp3) is 0.385. The van der Waals surface area contributed by atoms with Crippen molar-refractivity contribution in [3.05, 3.63) is 23.8 Å². The van der Waals surface area contributed by atoms with Crippen molar-refractivity contribution in [2.45, 2.75) is 26.3 Å². The van der Waals surface area contributed by atoms with Crippen molar-refractivity contribution in [1.29, 1.82) is 10.5 Å². The third-order valence-corrected chi connectivity index (χ3v) is 2.55. The van der Waals surface area contributed by atoms with Crippen LogP contribution in [-0.2, 0) is 0 Å². The van der Waals surface area contributed by atoms with E-state index in [1.165, 1.54) is 0 Å². The van der Waals surface area contributed by atoms with Gasteiger partial charge in [-0.2, -0.15) is 10.5 Å². The molecule has 0 atom stereocenters. The van der Waals surface area contributed by atoms with Gasteiger partial charge >= 0.3 is 0 Å². The van der Waals surface area contributed by atoms with Crippen molar-refractivity contribution in [3.8, 4) is 12.1 Å². The molecule has 4 nitrogen and oxygen atoms in total. The molecule has 1 aromatic rings. The first-order valence-corrected chi connectivity index (χ1v) is 5.53. The van der Waals surface area contributed by atoms with Gasteiger partial charge in [-0.05, 0) is 32.0 Å². The molecule has 0 heterocycles. The van der Waals surface area contributed by atoms with E-state index < -0.39 is 0 Å². The van der Waals surface area contributed by atoms with Gasteiger partial charge in [0.2, 0.25) is 0 Å². The van der Waals surface area contributed by atoms with Crippen molar-refractivity contribution < 1.29 is 0 Å². The van der Waals surface area contributed by atoms with E-state index in [1.807, 2.05) is 6.07 Å². The minimum absolute atomic E-state index is 0.263. The Hall–Kier alpha value is -2.20. The van der Waals surface area contributed by atoms with Crippen LogP contribution < -0.4 is 10.6 Å². The molecule has 88 valence electrons. The topological polar surface area (TPSA) is 76.8 Å². The van der Waals surface area contributed by atoms with Crippen LogP contribution in [0.15, 0.2) is 18.2 Å². The van der Waals surface area contributed by atoms with Gasteiger partial charge in [0, 0.05) is 12.6 Å². The second kappa shape index (κ2) is 5.77. The molecule has 0 amide bonds. The number of benzene rings is 1. The van der Waals surface area contributed by atoms with Crippen LogP contribution >= 0.6 is 0 Å². The maximum atomic E-state index is 8.78. The van der Waals surface area contributed by atoms with E-state index in [0.717, 1.165) is 5.69 Å². The smallest absolute Gasteiger partial charge is 0.0992 e. The molecule has 2 N–H and O–H groups in total.